The Bertz CT molecular complexity index is 4810. The number of hydrogen-bond donors (Lipinski definition) is 0. The molecular formula is C97H110N4+4. The number of benzene rings is 8. The highest BCUT2D eigenvalue weighted by atomic mass is 14.9. The molecule has 0 N–H and O–H groups in total. The SMILES string of the molecule is Cc1cc(C)c(-c2cc(C3CCCC3)cc[n+]2C)cc1-c1ccccc1.Cc1cc(C)c(-c2cc(C3CCCCC3)cc[n+]2C)cc1-c1ccccc1.Cc1cc(C)c(-c2cc(CC(C)(C)C)cc[n+]2C)cc1-c1ccccc1.Cc1ccc(-c2cc(-c3ccccc3)c(C)cc2C)[n+](C)c1. The van der Waals surface area contributed by atoms with Crippen LogP contribution in [-0.4, -0.2) is 0 Å². The molecule has 0 amide bonds. The smallest absolute Gasteiger partial charge is 0.201 e. The zero-order chi connectivity index (χ0) is 71.5. The van der Waals surface area contributed by atoms with Crippen LogP contribution in [0.25, 0.3) is 89.5 Å². The fraction of sp³-hybridized carbons (Fsp3) is 0.299. The number of nitrogens with zero attached hydrogens (tertiary/aromatic N) is 4. The summed E-state index contributed by atoms with van der Waals surface area (Å²) in [7, 11) is 8.58. The first-order valence-electron chi connectivity index (χ1n) is 37.2. The molecule has 2 aliphatic rings. The molecule has 0 saturated heterocycles. The fourth-order valence-electron chi connectivity index (χ4n) is 15.8. The first kappa shape index (κ1) is 72.6. The number of aryl methyl sites for hydroxylation is 13. The van der Waals surface area contributed by atoms with Crippen molar-refractivity contribution in [3.05, 3.63) is 310 Å². The largest absolute Gasteiger partial charge is 0.212 e. The van der Waals surface area contributed by atoms with Crippen LogP contribution in [0.3, 0.4) is 0 Å². The molecule has 101 heavy (non-hydrogen) atoms. The lowest BCUT2D eigenvalue weighted by Gasteiger charge is -2.22. The van der Waals surface area contributed by atoms with Gasteiger partial charge in [0, 0.05) is 70.3 Å². The monoisotopic (exact) mass is 1330 g/mol. The molecule has 14 rings (SSSR count). The average molecular weight is 1330 g/mol. The third-order valence-corrected chi connectivity index (χ3v) is 21.2. The molecule has 4 aromatic heterocycles. The molecule has 514 valence electrons. The highest BCUT2D eigenvalue weighted by molar-refractivity contribution is 5.79. The molecular weight excluding hydrogens is 1220 g/mol. The van der Waals surface area contributed by atoms with Gasteiger partial charge in [-0.2, -0.15) is 0 Å². The van der Waals surface area contributed by atoms with Crippen molar-refractivity contribution in [1.29, 1.82) is 0 Å². The van der Waals surface area contributed by atoms with Crippen molar-refractivity contribution in [2.24, 2.45) is 33.6 Å². The summed E-state index contributed by atoms with van der Waals surface area (Å²) in [6.07, 6.45) is 22.2. The highest BCUT2D eigenvalue weighted by Gasteiger charge is 2.25. The van der Waals surface area contributed by atoms with Gasteiger partial charge in [0.05, 0.1) is 0 Å². The molecule has 4 heteroatoms. The second-order valence-corrected chi connectivity index (χ2v) is 30.6. The second-order valence-electron chi connectivity index (χ2n) is 30.6. The summed E-state index contributed by atoms with van der Waals surface area (Å²) in [6, 6.07) is 80.0. The molecule has 2 fully saturated rings. The number of pyridine rings is 4. The summed E-state index contributed by atoms with van der Waals surface area (Å²) < 4.78 is 8.99. The van der Waals surface area contributed by atoms with Crippen molar-refractivity contribution in [2.45, 2.75) is 159 Å². The van der Waals surface area contributed by atoms with Crippen LogP contribution >= 0.6 is 0 Å². The minimum absolute atomic E-state index is 0.286. The Morgan fingerprint density at radius 1 is 0.287 bits per heavy atom. The van der Waals surface area contributed by atoms with E-state index in [0.29, 0.717) is 0 Å². The van der Waals surface area contributed by atoms with Gasteiger partial charge >= 0.3 is 0 Å². The van der Waals surface area contributed by atoms with E-state index in [2.05, 4.69) is 373 Å². The number of rotatable bonds is 11. The number of hydrogen-bond acceptors (Lipinski definition) is 0. The van der Waals surface area contributed by atoms with Gasteiger partial charge in [0.15, 0.2) is 24.8 Å². The van der Waals surface area contributed by atoms with Crippen LogP contribution in [0.15, 0.2) is 243 Å². The molecule has 0 aliphatic heterocycles. The highest BCUT2D eigenvalue weighted by Crippen LogP contribution is 2.40. The van der Waals surface area contributed by atoms with E-state index in [0.717, 1.165) is 18.3 Å². The second kappa shape index (κ2) is 32.8. The van der Waals surface area contributed by atoms with E-state index in [4.69, 9.17) is 0 Å². The van der Waals surface area contributed by atoms with E-state index in [-0.39, 0.29) is 5.41 Å². The summed E-state index contributed by atoms with van der Waals surface area (Å²) in [5, 5.41) is 0. The summed E-state index contributed by atoms with van der Waals surface area (Å²) in [5.74, 6) is 1.48. The van der Waals surface area contributed by atoms with Crippen LogP contribution in [0, 0.1) is 67.7 Å². The van der Waals surface area contributed by atoms with E-state index in [1.807, 2.05) is 0 Å². The molecule has 4 heterocycles. The molecule has 2 saturated carbocycles. The van der Waals surface area contributed by atoms with E-state index in [1.54, 1.807) is 0 Å². The fourth-order valence-corrected chi connectivity index (χ4v) is 15.8. The summed E-state index contributed by atoms with van der Waals surface area (Å²) in [6.45, 7) is 26.7. The van der Waals surface area contributed by atoms with E-state index in [1.165, 1.54) is 214 Å². The van der Waals surface area contributed by atoms with Crippen LogP contribution in [0.1, 0.15) is 157 Å². The Balaban J connectivity index is 0.000000136. The number of aromatic nitrogens is 4. The van der Waals surface area contributed by atoms with Gasteiger partial charge in [-0.15, -0.1) is 0 Å². The van der Waals surface area contributed by atoms with Crippen molar-refractivity contribution in [2.75, 3.05) is 0 Å². The molecule has 12 aromatic rings. The summed E-state index contributed by atoms with van der Waals surface area (Å²) in [5.41, 5.74) is 37.6. The topological polar surface area (TPSA) is 15.5 Å². The zero-order valence-electron chi connectivity index (χ0n) is 63.6. The van der Waals surface area contributed by atoms with Crippen LogP contribution in [-0.2, 0) is 34.6 Å². The first-order valence-corrected chi connectivity index (χ1v) is 37.2. The lowest BCUT2D eigenvalue weighted by atomic mass is 9.83. The Morgan fingerprint density at radius 2 is 0.584 bits per heavy atom. The summed E-state index contributed by atoms with van der Waals surface area (Å²) in [4.78, 5) is 0. The van der Waals surface area contributed by atoms with Gasteiger partial charge in [-0.3, -0.25) is 0 Å². The summed E-state index contributed by atoms with van der Waals surface area (Å²) >= 11 is 0. The van der Waals surface area contributed by atoms with Crippen LogP contribution < -0.4 is 18.3 Å². The Morgan fingerprint density at radius 3 is 0.911 bits per heavy atom. The molecule has 0 spiro atoms. The average Bonchev–Trinajstić information content (AvgIpc) is 1.13. The van der Waals surface area contributed by atoms with Crippen LogP contribution in [0.5, 0.6) is 0 Å². The van der Waals surface area contributed by atoms with Crippen molar-refractivity contribution in [1.82, 2.24) is 0 Å². The van der Waals surface area contributed by atoms with Crippen molar-refractivity contribution in [3.8, 4) is 89.5 Å². The normalized spacial score (nSPS) is 13.1. The molecule has 0 atom stereocenters. The van der Waals surface area contributed by atoms with Gasteiger partial charge in [-0.1, -0.05) is 198 Å². The Kier molecular flexibility index (Phi) is 23.6. The minimum Gasteiger partial charge on any atom is -0.201 e. The van der Waals surface area contributed by atoms with Crippen LogP contribution in [0.4, 0.5) is 0 Å². The van der Waals surface area contributed by atoms with E-state index >= 15 is 0 Å². The maximum atomic E-state index is 2.45. The van der Waals surface area contributed by atoms with Crippen LogP contribution in [0.2, 0.25) is 0 Å². The third kappa shape index (κ3) is 17.9. The third-order valence-electron chi connectivity index (χ3n) is 21.2. The molecule has 0 radical (unpaired) electrons. The lowest BCUT2D eigenvalue weighted by molar-refractivity contribution is -0.660. The van der Waals surface area contributed by atoms with E-state index < -0.39 is 0 Å². The van der Waals surface area contributed by atoms with Gasteiger partial charge in [0.2, 0.25) is 22.8 Å². The minimum atomic E-state index is 0.286. The zero-order valence-corrected chi connectivity index (χ0v) is 63.6. The van der Waals surface area contributed by atoms with Gasteiger partial charge in [0.25, 0.3) is 0 Å². The Hall–Kier alpha value is -9.64. The first-order chi connectivity index (χ1) is 48.6. The van der Waals surface area contributed by atoms with Gasteiger partial charge in [-0.05, 0) is 248 Å². The molecule has 0 unspecified atom stereocenters. The van der Waals surface area contributed by atoms with Crippen molar-refractivity contribution < 1.29 is 18.3 Å². The molecule has 2 aliphatic carbocycles. The molecule has 4 nitrogen and oxygen atoms in total. The van der Waals surface area contributed by atoms with Crippen molar-refractivity contribution >= 4 is 0 Å². The van der Waals surface area contributed by atoms with Gasteiger partial charge < -0.3 is 0 Å². The standard InChI is InChI=1S/C26H30N.C25H28N.C25H30N.C21H22N/c1-19-16-20(2)25(18-24(19)22-12-8-5-9-13-22)26-17-23(14-15-27(26)3)21-10-6-4-7-11-21;1-18-15-19(2)24(17-23(18)21-11-5-4-6-12-21)25-16-22(13-14-26(25)3)20-9-7-8-10-20;1-18-14-19(2)23(16-22(18)21-10-8-7-9-11-21)24-15-20(12-13-26(24)6)17-25(3,4)5;1-15-10-11-21(22(4)14-15)20-13-19(16(2)12-17(20)3)18-8-6-5-7-9-18/h5,8-9,12-18,21H,4,6-7,10-11H2,1-3H3;4-6,11-17,20H,7-10H2,1-3H3;7-16H,17H2,1-6H3;5-14H,1-4H3/q4*+1. The lowest BCUT2D eigenvalue weighted by Crippen LogP contribution is -2.31. The Labute approximate surface area is 606 Å². The van der Waals surface area contributed by atoms with E-state index in [9.17, 15) is 0 Å². The van der Waals surface area contributed by atoms with Crippen molar-refractivity contribution in [3.63, 3.8) is 0 Å². The molecule has 0 bridgehead atoms. The van der Waals surface area contributed by atoms with Gasteiger partial charge in [0.1, 0.15) is 28.2 Å². The van der Waals surface area contributed by atoms with Gasteiger partial charge in [-0.25, -0.2) is 18.3 Å². The quantitative estimate of drug-likeness (QED) is 0.115. The maximum absolute atomic E-state index is 2.45. The molecule has 8 aromatic carbocycles. The predicted octanol–water partition coefficient (Wildman–Crippen LogP) is 23.5. The predicted molar refractivity (Wildman–Crippen MR) is 427 cm³/mol. The maximum Gasteiger partial charge on any atom is 0.212 e.